The SMILES string of the molecule is CC1CC(C)CN(C(=O)CCc2ccc(C#N)cc2)C1. The summed E-state index contributed by atoms with van der Waals surface area (Å²) in [6.45, 7) is 6.24. The van der Waals surface area contributed by atoms with E-state index in [2.05, 4.69) is 19.9 Å². The first-order chi connectivity index (χ1) is 9.58. The van der Waals surface area contributed by atoms with E-state index in [1.165, 1.54) is 6.42 Å². The fraction of sp³-hybridized carbons (Fsp3) is 0.529. The highest BCUT2D eigenvalue weighted by molar-refractivity contribution is 5.76. The molecule has 1 saturated heterocycles. The van der Waals surface area contributed by atoms with E-state index in [0.717, 1.165) is 25.1 Å². The topological polar surface area (TPSA) is 44.1 Å². The fourth-order valence-electron chi connectivity index (χ4n) is 3.02. The molecule has 1 fully saturated rings. The van der Waals surface area contributed by atoms with Gasteiger partial charge in [0.15, 0.2) is 0 Å². The molecule has 20 heavy (non-hydrogen) atoms. The zero-order valence-corrected chi connectivity index (χ0v) is 12.3. The Balaban J connectivity index is 1.86. The molecule has 2 rings (SSSR count). The van der Waals surface area contributed by atoms with Gasteiger partial charge in [0.1, 0.15) is 0 Å². The number of carbonyl (C=O) groups excluding carboxylic acids is 1. The monoisotopic (exact) mass is 270 g/mol. The molecule has 1 aromatic rings. The zero-order chi connectivity index (χ0) is 14.5. The Hall–Kier alpha value is -1.82. The van der Waals surface area contributed by atoms with Crippen molar-refractivity contribution < 1.29 is 4.79 Å². The number of likely N-dealkylation sites (tertiary alicyclic amines) is 1. The van der Waals surface area contributed by atoms with Gasteiger partial charge in [-0.15, -0.1) is 0 Å². The van der Waals surface area contributed by atoms with Gasteiger partial charge in [-0.05, 0) is 42.4 Å². The van der Waals surface area contributed by atoms with Gasteiger partial charge in [-0.1, -0.05) is 26.0 Å². The molecular formula is C17H22N2O. The standard InChI is InChI=1S/C17H22N2O/c1-13-9-14(2)12-19(11-13)17(20)8-7-15-3-5-16(10-18)6-4-15/h3-6,13-14H,7-9,11-12H2,1-2H3. The second-order valence-corrected chi connectivity index (χ2v) is 6.05. The van der Waals surface area contributed by atoms with Crippen LogP contribution in [0.15, 0.2) is 24.3 Å². The van der Waals surface area contributed by atoms with Crippen molar-refractivity contribution in [2.24, 2.45) is 11.8 Å². The third kappa shape index (κ3) is 3.84. The number of piperidine rings is 1. The minimum atomic E-state index is 0.257. The molecule has 1 aliphatic rings. The molecule has 0 radical (unpaired) electrons. The highest BCUT2D eigenvalue weighted by Gasteiger charge is 2.24. The third-order valence-electron chi connectivity index (χ3n) is 3.93. The van der Waals surface area contributed by atoms with Gasteiger partial charge in [-0.3, -0.25) is 4.79 Å². The van der Waals surface area contributed by atoms with Gasteiger partial charge in [-0.2, -0.15) is 5.26 Å². The van der Waals surface area contributed by atoms with Crippen molar-refractivity contribution in [2.75, 3.05) is 13.1 Å². The van der Waals surface area contributed by atoms with E-state index in [4.69, 9.17) is 5.26 Å². The van der Waals surface area contributed by atoms with Gasteiger partial charge < -0.3 is 4.90 Å². The maximum Gasteiger partial charge on any atom is 0.222 e. The average molecular weight is 270 g/mol. The number of aryl methyl sites for hydroxylation is 1. The quantitative estimate of drug-likeness (QED) is 0.847. The molecule has 3 heteroatoms. The van der Waals surface area contributed by atoms with Crippen molar-refractivity contribution in [3.63, 3.8) is 0 Å². The molecule has 0 saturated carbocycles. The molecule has 0 N–H and O–H groups in total. The fourth-order valence-corrected chi connectivity index (χ4v) is 3.02. The summed E-state index contributed by atoms with van der Waals surface area (Å²) in [5.74, 6) is 1.47. The molecule has 3 nitrogen and oxygen atoms in total. The molecule has 1 aliphatic heterocycles. The highest BCUT2D eigenvalue weighted by Crippen LogP contribution is 2.21. The van der Waals surface area contributed by atoms with Crippen LogP contribution in [0.1, 0.15) is 37.8 Å². The normalized spacial score (nSPS) is 22.4. The Morgan fingerprint density at radius 1 is 1.25 bits per heavy atom. The highest BCUT2D eigenvalue weighted by atomic mass is 16.2. The summed E-state index contributed by atoms with van der Waals surface area (Å²) in [7, 11) is 0. The second-order valence-electron chi connectivity index (χ2n) is 6.05. The average Bonchev–Trinajstić information content (AvgIpc) is 2.44. The van der Waals surface area contributed by atoms with Gasteiger partial charge in [0.05, 0.1) is 11.6 Å². The van der Waals surface area contributed by atoms with Crippen LogP contribution in [0.4, 0.5) is 0 Å². The Morgan fingerprint density at radius 2 is 1.85 bits per heavy atom. The van der Waals surface area contributed by atoms with Crippen molar-refractivity contribution in [1.82, 2.24) is 4.90 Å². The van der Waals surface area contributed by atoms with Gasteiger partial charge in [0.2, 0.25) is 5.91 Å². The van der Waals surface area contributed by atoms with Gasteiger partial charge in [0, 0.05) is 19.5 Å². The molecule has 0 bridgehead atoms. The number of hydrogen-bond acceptors (Lipinski definition) is 2. The molecule has 106 valence electrons. The van der Waals surface area contributed by atoms with E-state index in [-0.39, 0.29) is 5.91 Å². The summed E-state index contributed by atoms with van der Waals surface area (Å²) in [5, 5.41) is 8.76. The van der Waals surface area contributed by atoms with E-state index in [9.17, 15) is 4.79 Å². The summed E-state index contributed by atoms with van der Waals surface area (Å²) in [6, 6.07) is 9.60. The van der Waals surface area contributed by atoms with Crippen LogP contribution in [0.25, 0.3) is 0 Å². The van der Waals surface area contributed by atoms with E-state index < -0.39 is 0 Å². The first kappa shape index (κ1) is 14.6. The van der Waals surface area contributed by atoms with Crippen LogP contribution >= 0.6 is 0 Å². The van der Waals surface area contributed by atoms with E-state index >= 15 is 0 Å². The summed E-state index contributed by atoms with van der Waals surface area (Å²) < 4.78 is 0. The number of nitriles is 1. The summed E-state index contributed by atoms with van der Waals surface area (Å²) in [6.07, 6.45) is 2.54. The molecule has 2 unspecified atom stereocenters. The van der Waals surface area contributed by atoms with Crippen LogP contribution in [-0.2, 0) is 11.2 Å². The number of amides is 1. The Labute approximate surface area is 121 Å². The van der Waals surface area contributed by atoms with Crippen molar-refractivity contribution in [2.45, 2.75) is 33.1 Å². The lowest BCUT2D eigenvalue weighted by Gasteiger charge is -2.35. The van der Waals surface area contributed by atoms with Crippen molar-refractivity contribution >= 4 is 5.91 Å². The predicted octanol–water partition coefficient (Wildman–Crippen LogP) is 3.00. The number of hydrogen-bond donors (Lipinski definition) is 0. The summed E-state index contributed by atoms with van der Waals surface area (Å²) in [4.78, 5) is 14.3. The molecule has 0 spiro atoms. The third-order valence-corrected chi connectivity index (χ3v) is 3.93. The second kappa shape index (κ2) is 6.56. The van der Waals surface area contributed by atoms with Crippen LogP contribution in [0.2, 0.25) is 0 Å². The molecule has 0 aromatic heterocycles. The minimum Gasteiger partial charge on any atom is -0.342 e. The molecule has 1 aromatic carbocycles. The lowest BCUT2D eigenvalue weighted by atomic mass is 9.91. The Bertz CT molecular complexity index is 491. The largest absolute Gasteiger partial charge is 0.342 e. The van der Waals surface area contributed by atoms with Gasteiger partial charge in [-0.25, -0.2) is 0 Å². The maximum atomic E-state index is 12.3. The van der Waals surface area contributed by atoms with E-state index in [1.54, 1.807) is 0 Å². The number of benzene rings is 1. The van der Waals surface area contributed by atoms with Gasteiger partial charge >= 0.3 is 0 Å². The lowest BCUT2D eigenvalue weighted by molar-refractivity contribution is -0.133. The maximum absolute atomic E-state index is 12.3. The summed E-state index contributed by atoms with van der Waals surface area (Å²) in [5.41, 5.74) is 1.79. The van der Waals surface area contributed by atoms with Gasteiger partial charge in [0.25, 0.3) is 0 Å². The number of carbonyl (C=O) groups is 1. The first-order valence-electron chi connectivity index (χ1n) is 7.35. The molecule has 1 amide bonds. The first-order valence-corrected chi connectivity index (χ1v) is 7.35. The van der Waals surface area contributed by atoms with Crippen LogP contribution in [0.5, 0.6) is 0 Å². The summed E-state index contributed by atoms with van der Waals surface area (Å²) >= 11 is 0. The smallest absolute Gasteiger partial charge is 0.222 e. The minimum absolute atomic E-state index is 0.257. The number of rotatable bonds is 3. The van der Waals surface area contributed by atoms with Crippen LogP contribution in [0.3, 0.4) is 0 Å². The van der Waals surface area contributed by atoms with E-state index in [1.807, 2.05) is 29.2 Å². The molecule has 0 aliphatic carbocycles. The van der Waals surface area contributed by atoms with Crippen LogP contribution in [-0.4, -0.2) is 23.9 Å². The molecule has 1 heterocycles. The Kier molecular flexibility index (Phi) is 4.79. The number of nitrogens with zero attached hydrogens (tertiary/aromatic N) is 2. The zero-order valence-electron chi connectivity index (χ0n) is 12.3. The molecular weight excluding hydrogens is 248 g/mol. The van der Waals surface area contributed by atoms with Crippen LogP contribution < -0.4 is 0 Å². The van der Waals surface area contributed by atoms with Crippen molar-refractivity contribution in [3.8, 4) is 6.07 Å². The lowest BCUT2D eigenvalue weighted by Crippen LogP contribution is -2.42. The Morgan fingerprint density at radius 3 is 2.40 bits per heavy atom. The van der Waals surface area contributed by atoms with E-state index in [0.29, 0.717) is 23.8 Å². The van der Waals surface area contributed by atoms with Crippen LogP contribution in [0, 0.1) is 23.2 Å². The predicted molar refractivity (Wildman–Crippen MR) is 79.0 cm³/mol. The van der Waals surface area contributed by atoms with Crippen molar-refractivity contribution in [1.29, 1.82) is 5.26 Å². The van der Waals surface area contributed by atoms with Crippen molar-refractivity contribution in [3.05, 3.63) is 35.4 Å². The molecule has 2 atom stereocenters.